The summed E-state index contributed by atoms with van der Waals surface area (Å²) in [6.45, 7) is 3.47. The summed E-state index contributed by atoms with van der Waals surface area (Å²) in [4.78, 5) is 31.6. The standard InChI is InChI=1S/C26H27N3O4S/c1-17-22(14-28-26(31)19-9-11-34-16-19)21-8-10-29(15-20(21)13-27-17)25(30)7-5-18-4-6-23(32-2)24(12-18)33-3/h4-7,9,11-13,16H,8,10,14-15H2,1-3H3,(H,28,31)/b7-5+. The fraction of sp³-hybridized carbons (Fsp3) is 0.269. The van der Waals surface area contributed by atoms with Crippen molar-refractivity contribution in [1.82, 2.24) is 15.2 Å². The fourth-order valence-electron chi connectivity index (χ4n) is 4.04. The Bertz CT molecular complexity index is 1220. The molecule has 3 aromatic rings. The number of benzene rings is 1. The minimum atomic E-state index is -0.0915. The molecular weight excluding hydrogens is 450 g/mol. The Morgan fingerprint density at radius 1 is 1.21 bits per heavy atom. The molecule has 2 aromatic heterocycles. The van der Waals surface area contributed by atoms with Crippen molar-refractivity contribution in [3.05, 3.63) is 80.8 Å². The molecule has 2 amide bonds. The Morgan fingerprint density at radius 2 is 2.03 bits per heavy atom. The molecule has 0 saturated heterocycles. The van der Waals surface area contributed by atoms with E-state index in [2.05, 4.69) is 10.3 Å². The number of ether oxygens (including phenoxy) is 2. The average molecular weight is 478 g/mol. The zero-order chi connectivity index (χ0) is 24.1. The largest absolute Gasteiger partial charge is 0.493 e. The molecule has 1 aliphatic rings. The van der Waals surface area contributed by atoms with E-state index in [9.17, 15) is 9.59 Å². The van der Waals surface area contributed by atoms with Gasteiger partial charge in [0, 0.05) is 48.5 Å². The molecule has 0 fully saturated rings. The van der Waals surface area contributed by atoms with Crippen LogP contribution in [0.5, 0.6) is 11.5 Å². The number of rotatable bonds is 7. The van der Waals surface area contributed by atoms with Crippen LogP contribution in [0.25, 0.3) is 6.08 Å². The first-order valence-electron chi connectivity index (χ1n) is 11.0. The van der Waals surface area contributed by atoms with Crippen molar-refractivity contribution in [3.63, 3.8) is 0 Å². The number of pyridine rings is 1. The molecule has 1 aliphatic heterocycles. The second-order valence-corrected chi connectivity index (χ2v) is 8.76. The second kappa shape index (κ2) is 10.5. The smallest absolute Gasteiger partial charge is 0.252 e. The predicted molar refractivity (Wildman–Crippen MR) is 132 cm³/mol. The summed E-state index contributed by atoms with van der Waals surface area (Å²) < 4.78 is 10.6. The molecule has 0 saturated carbocycles. The maximum Gasteiger partial charge on any atom is 0.252 e. The summed E-state index contributed by atoms with van der Waals surface area (Å²) in [7, 11) is 3.17. The lowest BCUT2D eigenvalue weighted by molar-refractivity contribution is -0.126. The van der Waals surface area contributed by atoms with Gasteiger partial charge in [-0.15, -0.1) is 0 Å². The van der Waals surface area contributed by atoms with Crippen molar-refractivity contribution in [3.8, 4) is 11.5 Å². The number of methoxy groups -OCH3 is 2. The first kappa shape index (κ1) is 23.5. The maximum atomic E-state index is 12.9. The van der Waals surface area contributed by atoms with Gasteiger partial charge in [0.25, 0.3) is 5.91 Å². The third kappa shape index (κ3) is 5.12. The van der Waals surface area contributed by atoms with Crippen LogP contribution in [0.15, 0.2) is 47.3 Å². The molecule has 8 heteroatoms. The Balaban J connectivity index is 1.44. The molecule has 7 nitrogen and oxygen atoms in total. The zero-order valence-electron chi connectivity index (χ0n) is 19.5. The van der Waals surface area contributed by atoms with Gasteiger partial charge in [-0.3, -0.25) is 14.6 Å². The Kier molecular flexibility index (Phi) is 7.27. The molecule has 176 valence electrons. The summed E-state index contributed by atoms with van der Waals surface area (Å²) in [6, 6.07) is 7.33. The number of nitrogens with one attached hydrogen (secondary N) is 1. The zero-order valence-corrected chi connectivity index (χ0v) is 20.3. The lowest BCUT2D eigenvalue weighted by atomic mass is 9.94. The van der Waals surface area contributed by atoms with Crippen LogP contribution >= 0.6 is 11.3 Å². The van der Waals surface area contributed by atoms with Crippen molar-refractivity contribution in [2.75, 3.05) is 20.8 Å². The molecule has 1 aromatic carbocycles. The molecule has 34 heavy (non-hydrogen) atoms. The number of aromatic nitrogens is 1. The van der Waals surface area contributed by atoms with Gasteiger partial charge in [-0.25, -0.2) is 0 Å². The number of hydrogen-bond acceptors (Lipinski definition) is 6. The SMILES string of the molecule is COc1ccc(/C=C/C(=O)N2CCc3c(cnc(C)c3CNC(=O)c3ccsc3)C2)cc1OC. The lowest BCUT2D eigenvalue weighted by Crippen LogP contribution is -2.36. The van der Waals surface area contributed by atoms with E-state index in [0.717, 1.165) is 28.8 Å². The Labute approximate surface area is 203 Å². The van der Waals surface area contributed by atoms with Gasteiger partial charge in [-0.2, -0.15) is 11.3 Å². The molecule has 0 atom stereocenters. The van der Waals surface area contributed by atoms with Crippen molar-refractivity contribution < 1.29 is 19.1 Å². The molecule has 0 bridgehead atoms. The number of thiophene rings is 1. The van der Waals surface area contributed by atoms with Gasteiger partial charge in [-0.05, 0) is 65.3 Å². The Morgan fingerprint density at radius 3 is 2.76 bits per heavy atom. The monoisotopic (exact) mass is 477 g/mol. The van der Waals surface area contributed by atoms with Gasteiger partial charge < -0.3 is 19.7 Å². The molecule has 0 radical (unpaired) electrons. The summed E-state index contributed by atoms with van der Waals surface area (Å²) in [5.74, 6) is 1.10. The fourth-order valence-corrected chi connectivity index (χ4v) is 4.67. The minimum Gasteiger partial charge on any atom is -0.493 e. The summed E-state index contributed by atoms with van der Waals surface area (Å²) in [5, 5.41) is 6.72. The van der Waals surface area contributed by atoms with Crippen LogP contribution in [-0.4, -0.2) is 42.5 Å². The van der Waals surface area contributed by atoms with E-state index in [1.165, 1.54) is 16.9 Å². The third-order valence-electron chi connectivity index (χ3n) is 5.94. The van der Waals surface area contributed by atoms with Gasteiger partial charge in [0.1, 0.15) is 0 Å². The molecule has 3 heterocycles. The van der Waals surface area contributed by atoms with E-state index in [-0.39, 0.29) is 11.8 Å². The van der Waals surface area contributed by atoms with Crippen LogP contribution in [0, 0.1) is 6.92 Å². The van der Waals surface area contributed by atoms with Crippen LogP contribution in [0.2, 0.25) is 0 Å². The topological polar surface area (TPSA) is 80.8 Å². The van der Waals surface area contributed by atoms with Gasteiger partial charge >= 0.3 is 0 Å². The number of hydrogen-bond donors (Lipinski definition) is 1. The van der Waals surface area contributed by atoms with Gasteiger partial charge in [-0.1, -0.05) is 6.07 Å². The highest BCUT2D eigenvalue weighted by atomic mass is 32.1. The van der Waals surface area contributed by atoms with E-state index in [1.807, 2.05) is 53.0 Å². The molecule has 4 rings (SSSR count). The highest BCUT2D eigenvalue weighted by molar-refractivity contribution is 7.08. The highest BCUT2D eigenvalue weighted by Crippen LogP contribution is 2.28. The van der Waals surface area contributed by atoms with Crippen LogP contribution < -0.4 is 14.8 Å². The second-order valence-electron chi connectivity index (χ2n) is 7.98. The number of fused-ring (bicyclic) bond motifs is 1. The summed E-state index contributed by atoms with van der Waals surface area (Å²) >= 11 is 1.50. The van der Waals surface area contributed by atoms with Gasteiger partial charge in [0.05, 0.1) is 14.2 Å². The quantitative estimate of drug-likeness (QED) is 0.521. The number of carbonyl (C=O) groups is 2. The lowest BCUT2D eigenvalue weighted by Gasteiger charge is -2.30. The van der Waals surface area contributed by atoms with Crippen molar-refractivity contribution in [1.29, 1.82) is 0 Å². The average Bonchev–Trinajstić information content (AvgIpc) is 3.41. The summed E-state index contributed by atoms with van der Waals surface area (Å²) in [6.07, 6.45) is 5.92. The van der Waals surface area contributed by atoms with Crippen LogP contribution in [0.1, 0.15) is 38.3 Å². The van der Waals surface area contributed by atoms with Gasteiger partial charge in [0.15, 0.2) is 11.5 Å². The van der Waals surface area contributed by atoms with Crippen LogP contribution in [0.4, 0.5) is 0 Å². The van der Waals surface area contributed by atoms with Crippen molar-refractivity contribution >= 4 is 29.2 Å². The molecule has 0 spiro atoms. The van der Waals surface area contributed by atoms with E-state index in [4.69, 9.17) is 9.47 Å². The Hall–Kier alpha value is -3.65. The van der Waals surface area contributed by atoms with E-state index in [0.29, 0.717) is 36.7 Å². The van der Waals surface area contributed by atoms with Crippen LogP contribution in [0.3, 0.4) is 0 Å². The highest BCUT2D eigenvalue weighted by Gasteiger charge is 2.23. The van der Waals surface area contributed by atoms with Crippen LogP contribution in [-0.2, 0) is 24.3 Å². The van der Waals surface area contributed by atoms with Crippen molar-refractivity contribution in [2.24, 2.45) is 0 Å². The van der Waals surface area contributed by atoms with E-state index >= 15 is 0 Å². The van der Waals surface area contributed by atoms with Crippen molar-refractivity contribution in [2.45, 2.75) is 26.4 Å². The normalized spacial score (nSPS) is 13.0. The molecule has 1 N–H and O–H groups in total. The first-order valence-corrected chi connectivity index (χ1v) is 11.9. The number of nitrogens with zero attached hydrogens (tertiary/aromatic N) is 2. The number of amides is 2. The number of aryl methyl sites for hydroxylation is 1. The number of carbonyl (C=O) groups excluding carboxylic acids is 2. The first-order chi connectivity index (χ1) is 16.5. The van der Waals surface area contributed by atoms with E-state index < -0.39 is 0 Å². The predicted octanol–water partition coefficient (Wildman–Crippen LogP) is 4.00. The summed E-state index contributed by atoms with van der Waals surface area (Å²) in [5.41, 5.74) is 5.64. The molecule has 0 unspecified atom stereocenters. The third-order valence-corrected chi connectivity index (χ3v) is 6.63. The molecule has 0 aliphatic carbocycles. The van der Waals surface area contributed by atoms with E-state index in [1.54, 1.807) is 26.4 Å². The molecular formula is C26H27N3O4S. The van der Waals surface area contributed by atoms with Gasteiger partial charge in [0.2, 0.25) is 5.91 Å². The maximum absolute atomic E-state index is 12.9. The minimum absolute atomic E-state index is 0.0617.